The fraction of sp³-hybridized carbons (Fsp3) is 1.00. The molecule has 0 aliphatic carbocycles. The summed E-state index contributed by atoms with van der Waals surface area (Å²) in [5.74, 6) is 1.62. The van der Waals surface area contributed by atoms with Crippen molar-refractivity contribution in [2.24, 2.45) is 11.8 Å². The Morgan fingerprint density at radius 3 is 1.77 bits per heavy atom. The summed E-state index contributed by atoms with van der Waals surface area (Å²) >= 11 is 0. The average Bonchev–Trinajstić information content (AvgIpc) is 1.98. The van der Waals surface area contributed by atoms with Crippen molar-refractivity contribution in [3.8, 4) is 0 Å². The summed E-state index contributed by atoms with van der Waals surface area (Å²) in [5.41, 5.74) is 0. The first-order chi connectivity index (χ1) is 5.93. The van der Waals surface area contributed by atoms with Gasteiger partial charge in [-0.2, -0.15) is 0 Å². The van der Waals surface area contributed by atoms with Gasteiger partial charge < -0.3 is 4.74 Å². The van der Waals surface area contributed by atoms with Gasteiger partial charge in [0.25, 0.3) is 0 Å². The van der Waals surface area contributed by atoms with E-state index in [2.05, 4.69) is 41.5 Å². The lowest BCUT2D eigenvalue weighted by atomic mass is 9.92. The Labute approximate surface area is 83.9 Å². The van der Waals surface area contributed by atoms with Gasteiger partial charge in [0, 0.05) is 0 Å². The van der Waals surface area contributed by atoms with E-state index in [4.69, 9.17) is 4.74 Å². The van der Waals surface area contributed by atoms with Crippen molar-refractivity contribution in [3.05, 3.63) is 0 Å². The Morgan fingerprint density at radius 2 is 1.38 bits per heavy atom. The molecular formula is C12H26O. The van der Waals surface area contributed by atoms with Gasteiger partial charge in [-0.1, -0.05) is 20.8 Å². The maximum atomic E-state index is 5.68. The van der Waals surface area contributed by atoms with Crippen LogP contribution in [-0.2, 0) is 4.74 Å². The molecule has 0 aromatic heterocycles. The molecule has 0 aromatic carbocycles. The van der Waals surface area contributed by atoms with Crippen LogP contribution in [0.15, 0.2) is 0 Å². The summed E-state index contributed by atoms with van der Waals surface area (Å²) in [6, 6.07) is 0. The van der Waals surface area contributed by atoms with Crippen LogP contribution in [0.2, 0.25) is 0 Å². The third-order valence-electron chi connectivity index (χ3n) is 2.67. The Bertz CT molecular complexity index is 118. The molecule has 0 aromatic rings. The second-order valence-corrected chi connectivity index (χ2v) is 4.79. The lowest BCUT2D eigenvalue weighted by molar-refractivity contribution is 0.0105. The SMILES string of the molecule is CC(C)O[C@@H](C)CC[C@H](C)C(C)C. The summed E-state index contributed by atoms with van der Waals surface area (Å²) in [6.07, 6.45) is 3.26. The first kappa shape index (κ1) is 13.0. The van der Waals surface area contributed by atoms with Crippen molar-refractivity contribution in [1.29, 1.82) is 0 Å². The molecule has 0 rings (SSSR count). The standard InChI is InChI=1S/C12H26O/c1-9(2)11(5)7-8-12(6)13-10(3)4/h9-12H,7-8H2,1-6H3/t11-,12-/m0/s1. The Morgan fingerprint density at radius 1 is 0.846 bits per heavy atom. The van der Waals surface area contributed by atoms with E-state index in [0.29, 0.717) is 12.2 Å². The summed E-state index contributed by atoms with van der Waals surface area (Å²) in [7, 11) is 0. The normalized spacial score (nSPS) is 16.6. The van der Waals surface area contributed by atoms with Gasteiger partial charge in [0.05, 0.1) is 12.2 Å². The molecule has 13 heavy (non-hydrogen) atoms. The van der Waals surface area contributed by atoms with Crippen LogP contribution in [0, 0.1) is 11.8 Å². The number of ether oxygens (including phenoxy) is 1. The summed E-state index contributed by atoms with van der Waals surface area (Å²) in [6.45, 7) is 13.3. The van der Waals surface area contributed by atoms with E-state index in [1.165, 1.54) is 12.8 Å². The molecule has 0 unspecified atom stereocenters. The highest BCUT2D eigenvalue weighted by atomic mass is 16.5. The lowest BCUT2D eigenvalue weighted by Gasteiger charge is -2.20. The molecule has 0 spiro atoms. The highest BCUT2D eigenvalue weighted by molar-refractivity contribution is 4.61. The molecule has 0 aliphatic heterocycles. The molecule has 80 valence electrons. The van der Waals surface area contributed by atoms with Crippen molar-refractivity contribution >= 4 is 0 Å². The zero-order valence-electron chi connectivity index (χ0n) is 10.1. The van der Waals surface area contributed by atoms with E-state index in [-0.39, 0.29) is 0 Å². The van der Waals surface area contributed by atoms with Gasteiger partial charge in [-0.3, -0.25) is 0 Å². The van der Waals surface area contributed by atoms with Crippen molar-refractivity contribution in [3.63, 3.8) is 0 Å². The highest BCUT2D eigenvalue weighted by Crippen LogP contribution is 2.18. The van der Waals surface area contributed by atoms with E-state index in [1.807, 2.05) is 0 Å². The van der Waals surface area contributed by atoms with E-state index in [0.717, 1.165) is 11.8 Å². The van der Waals surface area contributed by atoms with E-state index in [1.54, 1.807) is 0 Å². The van der Waals surface area contributed by atoms with Gasteiger partial charge in [-0.15, -0.1) is 0 Å². The molecule has 0 saturated carbocycles. The van der Waals surface area contributed by atoms with Gasteiger partial charge in [0.2, 0.25) is 0 Å². The Kier molecular flexibility index (Phi) is 6.40. The molecule has 0 fully saturated rings. The maximum Gasteiger partial charge on any atom is 0.0550 e. The molecule has 0 bridgehead atoms. The quantitative estimate of drug-likeness (QED) is 0.612. The van der Waals surface area contributed by atoms with Gasteiger partial charge >= 0.3 is 0 Å². The van der Waals surface area contributed by atoms with Gasteiger partial charge in [0.1, 0.15) is 0 Å². The second kappa shape index (κ2) is 6.42. The summed E-state index contributed by atoms with van der Waals surface area (Å²) in [4.78, 5) is 0. The number of rotatable bonds is 6. The van der Waals surface area contributed by atoms with E-state index in [9.17, 15) is 0 Å². The van der Waals surface area contributed by atoms with Crippen LogP contribution < -0.4 is 0 Å². The van der Waals surface area contributed by atoms with Crippen LogP contribution in [0.4, 0.5) is 0 Å². The molecule has 2 atom stereocenters. The summed E-state index contributed by atoms with van der Waals surface area (Å²) in [5, 5.41) is 0. The van der Waals surface area contributed by atoms with Crippen LogP contribution in [-0.4, -0.2) is 12.2 Å². The minimum Gasteiger partial charge on any atom is -0.376 e. The minimum atomic E-state index is 0.365. The summed E-state index contributed by atoms with van der Waals surface area (Å²) < 4.78 is 5.68. The Hall–Kier alpha value is -0.0400. The lowest BCUT2D eigenvalue weighted by Crippen LogP contribution is -2.16. The molecule has 0 heterocycles. The topological polar surface area (TPSA) is 9.23 Å². The molecule has 1 heteroatoms. The fourth-order valence-corrected chi connectivity index (χ4v) is 1.36. The molecule has 0 N–H and O–H groups in total. The van der Waals surface area contributed by atoms with E-state index < -0.39 is 0 Å². The molecule has 0 amide bonds. The molecule has 1 nitrogen and oxygen atoms in total. The van der Waals surface area contributed by atoms with Crippen LogP contribution in [0.25, 0.3) is 0 Å². The van der Waals surface area contributed by atoms with Crippen molar-refractivity contribution in [1.82, 2.24) is 0 Å². The third-order valence-corrected chi connectivity index (χ3v) is 2.67. The van der Waals surface area contributed by atoms with Crippen LogP contribution in [0.5, 0.6) is 0 Å². The predicted molar refractivity (Wildman–Crippen MR) is 58.9 cm³/mol. The fourth-order valence-electron chi connectivity index (χ4n) is 1.36. The first-order valence-electron chi connectivity index (χ1n) is 5.59. The highest BCUT2D eigenvalue weighted by Gasteiger charge is 2.10. The van der Waals surface area contributed by atoms with Crippen LogP contribution >= 0.6 is 0 Å². The van der Waals surface area contributed by atoms with Crippen LogP contribution in [0.1, 0.15) is 54.4 Å². The molecule has 0 radical (unpaired) electrons. The van der Waals surface area contributed by atoms with E-state index >= 15 is 0 Å². The smallest absolute Gasteiger partial charge is 0.0550 e. The predicted octanol–water partition coefficient (Wildman–Crippen LogP) is 3.87. The molecule has 0 saturated heterocycles. The first-order valence-corrected chi connectivity index (χ1v) is 5.59. The monoisotopic (exact) mass is 186 g/mol. The number of hydrogen-bond acceptors (Lipinski definition) is 1. The largest absolute Gasteiger partial charge is 0.376 e. The zero-order valence-corrected chi connectivity index (χ0v) is 10.1. The second-order valence-electron chi connectivity index (χ2n) is 4.79. The van der Waals surface area contributed by atoms with Gasteiger partial charge in [-0.25, -0.2) is 0 Å². The third kappa shape index (κ3) is 7.06. The van der Waals surface area contributed by atoms with Crippen molar-refractivity contribution < 1.29 is 4.74 Å². The molecule has 0 aliphatic rings. The van der Waals surface area contributed by atoms with Crippen molar-refractivity contribution in [2.45, 2.75) is 66.6 Å². The van der Waals surface area contributed by atoms with Crippen molar-refractivity contribution in [2.75, 3.05) is 0 Å². The molecular weight excluding hydrogens is 160 g/mol. The maximum absolute atomic E-state index is 5.68. The minimum absolute atomic E-state index is 0.365. The van der Waals surface area contributed by atoms with Gasteiger partial charge in [-0.05, 0) is 45.4 Å². The van der Waals surface area contributed by atoms with Crippen LogP contribution in [0.3, 0.4) is 0 Å². The zero-order chi connectivity index (χ0) is 10.4. The average molecular weight is 186 g/mol. The number of hydrogen-bond donors (Lipinski definition) is 0. The van der Waals surface area contributed by atoms with Gasteiger partial charge in [0.15, 0.2) is 0 Å². The Balaban J connectivity index is 3.51.